The molecule has 0 rings (SSSR count). The summed E-state index contributed by atoms with van der Waals surface area (Å²) in [5, 5.41) is 0.641. The van der Waals surface area contributed by atoms with Gasteiger partial charge in [0.15, 0.2) is 16.6 Å². The molecule has 0 amide bonds. The first-order chi connectivity index (χ1) is 6.77. The molecule has 0 fully saturated rings. The fourth-order valence-electron chi connectivity index (χ4n) is 1.10. The van der Waals surface area contributed by atoms with Crippen molar-refractivity contribution in [2.75, 3.05) is 4.05 Å². The highest BCUT2D eigenvalue weighted by Crippen LogP contribution is 2.45. The fraction of sp³-hybridized carbons (Fsp3) is 1.00. The van der Waals surface area contributed by atoms with Gasteiger partial charge in [0.25, 0.3) is 0 Å². The predicted octanol–water partition coefficient (Wildman–Crippen LogP) is 5.36. The molecule has 1 unspecified atom stereocenters. The number of alkyl halides is 1. The van der Waals surface area contributed by atoms with Crippen molar-refractivity contribution in [2.24, 2.45) is 0 Å². The van der Waals surface area contributed by atoms with Crippen molar-refractivity contribution in [3.05, 3.63) is 0 Å². The van der Waals surface area contributed by atoms with E-state index in [1.165, 1.54) is 4.05 Å². The maximum absolute atomic E-state index is 6.77. The first-order valence-electron chi connectivity index (χ1n) is 6.03. The van der Waals surface area contributed by atoms with E-state index in [2.05, 4.69) is 83.8 Å². The first kappa shape index (κ1) is 17.1. The normalized spacial score (nSPS) is 18.4. The highest BCUT2D eigenvalue weighted by Gasteiger charge is 2.48. The summed E-state index contributed by atoms with van der Waals surface area (Å²) >= 11 is 2.52. The predicted molar refractivity (Wildman–Crippen MR) is 88.5 cm³/mol. The molecule has 0 aromatic rings. The van der Waals surface area contributed by atoms with Gasteiger partial charge in [0, 0.05) is 4.05 Å². The van der Waals surface area contributed by atoms with Crippen LogP contribution in [0.25, 0.3) is 0 Å². The first-order valence-corrected chi connectivity index (χ1v) is 13.1. The number of halogens is 1. The van der Waals surface area contributed by atoms with Gasteiger partial charge < -0.3 is 4.12 Å². The molecule has 1 nitrogen and oxygen atoms in total. The lowest BCUT2D eigenvalue weighted by molar-refractivity contribution is 0.449. The molecule has 1 atom stereocenters. The van der Waals surface area contributed by atoms with Crippen LogP contribution in [0.5, 0.6) is 0 Å². The van der Waals surface area contributed by atoms with Gasteiger partial charge in [-0.25, -0.2) is 0 Å². The summed E-state index contributed by atoms with van der Waals surface area (Å²) in [6.07, 6.45) is 0. The zero-order valence-electron chi connectivity index (χ0n) is 12.5. The van der Waals surface area contributed by atoms with Gasteiger partial charge in [-0.05, 0) is 29.7 Å². The van der Waals surface area contributed by atoms with Crippen LogP contribution in [0.1, 0.15) is 41.5 Å². The summed E-state index contributed by atoms with van der Waals surface area (Å²) in [6.45, 7) is 21.1. The summed E-state index contributed by atoms with van der Waals surface area (Å²) < 4.78 is 7.96. The average molecular weight is 372 g/mol. The molecule has 98 valence electrons. The van der Waals surface area contributed by atoms with Gasteiger partial charge in [0.2, 0.25) is 0 Å². The average Bonchev–Trinajstić information content (AvgIpc) is 1.99. The van der Waals surface area contributed by atoms with E-state index in [0.29, 0.717) is 10.1 Å². The van der Waals surface area contributed by atoms with Crippen molar-refractivity contribution in [1.29, 1.82) is 0 Å². The van der Waals surface area contributed by atoms with E-state index in [0.717, 1.165) is 0 Å². The zero-order valence-corrected chi connectivity index (χ0v) is 16.7. The third kappa shape index (κ3) is 3.81. The van der Waals surface area contributed by atoms with Crippen LogP contribution in [-0.4, -0.2) is 20.7 Å². The minimum atomic E-state index is -1.62. The highest BCUT2D eigenvalue weighted by molar-refractivity contribution is 14.1. The van der Waals surface area contributed by atoms with Crippen molar-refractivity contribution in [1.82, 2.24) is 0 Å². The summed E-state index contributed by atoms with van der Waals surface area (Å²) in [5.41, 5.74) is 0. The Labute approximate surface area is 118 Å². The molecule has 0 N–H and O–H groups in total. The Morgan fingerprint density at radius 2 is 1.25 bits per heavy atom. The second kappa shape index (κ2) is 5.01. The van der Waals surface area contributed by atoms with E-state index in [1.54, 1.807) is 0 Å². The smallest absolute Gasteiger partial charge is 0.191 e. The van der Waals surface area contributed by atoms with Gasteiger partial charge in [0.1, 0.15) is 0 Å². The highest BCUT2D eigenvalue weighted by atomic mass is 127. The van der Waals surface area contributed by atoms with Crippen LogP contribution >= 0.6 is 22.6 Å². The monoisotopic (exact) mass is 372 g/mol. The molecule has 0 aliphatic carbocycles. The second-order valence-electron chi connectivity index (χ2n) is 7.48. The third-order valence-corrected chi connectivity index (χ3v) is 19.6. The molecule has 0 aromatic heterocycles. The Bertz CT molecular complexity index is 240. The van der Waals surface area contributed by atoms with Gasteiger partial charge in [0.05, 0.1) is 0 Å². The lowest BCUT2D eigenvalue weighted by atomic mass is 10.2. The molecular weight excluding hydrogens is 343 g/mol. The summed E-state index contributed by atoms with van der Waals surface area (Å²) in [6, 6.07) is 0. The maximum Gasteiger partial charge on any atom is 0.191 e. The Hall–Kier alpha value is 1.12. The molecule has 0 aromatic carbocycles. The lowest BCUT2D eigenvalue weighted by Crippen LogP contribution is -2.56. The lowest BCUT2D eigenvalue weighted by Gasteiger charge is -2.48. The van der Waals surface area contributed by atoms with Crippen molar-refractivity contribution >= 4 is 39.2 Å². The Kier molecular flexibility index (Phi) is 5.36. The van der Waals surface area contributed by atoms with E-state index in [4.69, 9.17) is 4.12 Å². The molecular formula is C12H29IOSi2. The van der Waals surface area contributed by atoms with Crippen LogP contribution in [0.15, 0.2) is 0 Å². The third-order valence-electron chi connectivity index (χ3n) is 4.13. The molecule has 0 radical (unpaired) electrons. The SMILES string of the molecule is CC(C)(C)[Si](C)(C)O[Si](C)(CI)C(C)(C)C. The van der Waals surface area contributed by atoms with Gasteiger partial charge in [-0.2, -0.15) is 0 Å². The zero-order chi connectivity index (χ0) is 13.4. The van der Waals surface area contributed by atoms with Gasteiger partial charge in [-0.15, -0.1) is 0 Å². The molecule has 0 bridgehead atoms. The van der Waals surface area contributed by atoms with Crippen LogP contribution in [-0.2, 0) is 4.12 Å². The quantitative estimate of drug-likeness (QED) is 0.368. The van der Waals surface area contributed by atoms with Crippen LogP contribution < -0.4 is 0 Å². The Morgan fingerprint density at radius 1 is 0.875 bits per heavy atom. The molecule has 0 aliphatic rings. The van der Waals surface area contributed by atoms with Crippen molar-refractivity contribution in [3.63, 3.8) is 0 Å². The standard InChI is InChI=1S/C12H29IOSi2/c1-11(2,3)15(7,8)14-16(9,10-13)12(4,5)6/h10H2,1-9H3. The number of hydrogen-bond donors (Lipinski definition) is 0. The van der Waals surface area contributed by atoms with E-state index < -0.39 is 16.6 Å². The minimum absolute atomic E-state index is 0.318. The largest absolute Gasteiger partial charge is 0.454 e. The molecule has 0 saturated carbocycles. The summed E-state index contributed by atoms with van der Waals surface area (Å²) in [4.78, 5) is 0. The van der Waals surface area contributed by atoms with Crippen LogP contribution in [0, 0.1) is 0 Å². The second-order valence-corrected chi connectivity index (χ2v) is 19.3. The van der Waals surface area contributed by atoms with E-state index >= 15 is 0 Å². The topological polar surface area (TPSA) is 9.23 Å². The van der Waals surface area contributed by atoms with Gasteiger partial charge >= 0.3 is 0 Å². The van der Waals surface area contributed by atoms with Gasteiger partial charge in [-0.3, -0.25) is 0 Å². The molecule has 0 saturated heterocycles. The van der Waals surface area contributed by atoms with Crippen LogP contribution in [0.3, 0.4) is 0 Å². The van der Waals surface area contributed by atoms with E-state index in [1.807, 2.05) is 0 Å². The van der Waals surface area contributed by atoms with E-state index in [-0.39, 0.29) is 0 Å². The molecule has 16 heavy (non-hydrogen) atoms. The van der Waals surface area contributed by atoms with Crippen molar-refractivity contribution < 1.29 is 4.12 Å². The van der Waals surface area contributed by atoms with Crippen LogP contribution in [0.4, 0.5) is 0 Å². The molecule has 4 heteroatoms. The van der Waals surface area contributed by atoms with E-state index in [9.17, 15) is 0 Å². The minimum Gasteiger partial charge on any atom is -0.454 e. The van der Waals surface area contributed by atoms with Crippen LogP contribution in [0.2, 0.25) is 29.7 Å². The van der Waals surface area contributed by atoms with Crippen molar-refractivity contribution in [3.8, 4) is 0 Å². The molecule has 0 heterocycles. The number of rotatable bonds is 3. The summed E-state index contributed by atoms with van der Waals surface area (Å²) in [5.74, 6) is 0. The number of hydrogen-bond acceptors (Lipinski definition) is 1. The van der Waals surface area contributed by atoms with Gasteiger partial charge in [-0.1, -0.05) is 64.1 Å². The molecule has 0 spiro atoms. The van der Waals surface area contributed by atoms with Crippen molar-refractivity contribution in [2.45, 2.75) is 71.3 Å². The Morgan fingerprint density at radius 3 is 1.44 bits per heavy atom. The Balaban J connectivity index is 5.08. The fourth-order valence-corrected chi connectivity index (χ4v) is 13.5. The summed E-state index contributed by atoms with van der Waals surface area (Å²) in [7, 11) is -3.24. The molecule has 0 aliphatic heterocycles. The maximum atomic E-state index is 6.77.